The Morgan fingerprint density at radius 1 is 1.08 bits per heavy atom. The summed E-state index contributed by atoms with van der Waals surface area (Å²) < 4.78 is 0. The number of allylic oxidation sites excluding steroid dienone is 1. The van der Waals surface area contributed by atoms with Gasteiger partial charge in [-0.3, -0.25) is 10.1 Å². The lowest BCUT2D eigenvalue weighted by molar-refractivity contribution is -0.112. The third-order valence-corrected chi connectivity index (χ3v) is 5.15. The fourth-order valence-corrected chi connectivity index (χ4v) is 3.77. The second-order valence-electron chi connectivity index (χ2n) is 6.69. The van der Waals surface area contributed by atoms with E-state index in [1.165, 1.54) is 37.4 Å². The van der Waals surface area contributed by atoms with Gasteiger partial charge in [0.1, 0.15) is 0 Å². The van der Waals surface area contributed by atoms with Crippen LogP contribution in [0.25, 0.3) is 0 Å². The number of nitrogens with one attached hydrogen (secondary N) is 3. The lowest BCUT2D eigenvalue weighted by Gasteiger charge is -2.29. The van der Waals surface area contributed by atoms with E-state index in [1.807, 2.05) is 0 Å². The van der Waals surface area contributed by atoms with Gasteiger partial charge in [-0.25, -0.2) is 5.48 Å². The summed E-state index contributed by atoms with van der Waals surface area (Å²) in [7, 11) is 0. The van der Waals surface area contributed by atoms with Crippen LogP contribution in [0.4, 0.5) is 0 Å². The molecule has 3 aliphatic rings. The molecule has 4 rings (SSSR count). The van der Waals surface area contributed by atoms with Crippen LogP contribution < -0.4 is 21.8 Å². The van der Waals surface area contributed by atoms with Crippen molar-refractivity contribution < 1.29 is 9.63 Å². The molecule has 0 saturated heterocycles. The number of ketones is 1. The molecule has 1 fully saturated rings. The van der Waals surface area contributed by atoms with E-state index < -0.39 is 0 Å². The number of carbonyl (C=O) groups excluding carboxylic acids is 1. The number of hydrogen-bond acceptors (Lipinski definition) is 6. The molecule has 131 valence electrons. The second-order valence-corrected chi connectivity index (χ2v) is 6.69. The molecule has 0 aromatic heterocycles. The van der Waals surface area contributed by atoms with Crippen LogP contribution in [0.1, 0.15) is 48.8 Å². The van der Waals surface area contributed by atoms with Crippen molar-refractivity contribution in [3.63, 3.8) is 0 Å². The summed E-state index contributed by atoms with van der Waals surface area (Å²) in [6.07, 6.45) is 8.59. The van der Waals surface area contributed by atoms with Gasteiger partial charge in [0.05, 0.1) is 30.2 Å². The smallest absolute Gasteiger partial charge is 0.230 e. The molecular formula is C19H23N4O2. The summed E-state index contributed by atoms with van der Waals surface area (Å²) in [6.45, 7) is 0.512. The minimum absolute atomic E-state index is 0.135. The lowest BCUT2D eigenvalue weighted by Crippen LogP contribution is -2.42. The first kappa shape index (κ1) is 16.0. The zero-order valence-corrected chi connectivity index (χ0v) is 14.0. The van der Waals surface area contributed by atoms with Crippen LogP contribution in [-0.2, 0) is 9.63 Å². The van der Waals surface area contributed by atoms with Gasteiger partial charge in [0, 0.05) is 0 Å². The topological polar surface area (TPSA) is 88.4 Å². The van der Waals surface area contributed by atoms with E-state index in [-0.39, 0.29) is 17.5 Å². The van der Waals surface area contributed by atoms with Crippen LogP contribution in [0.3, 0.4) is 0 Å². The molecule has 1 radical (unpaired) electrons. The number of hydroxylamine groups is 1. The summed E-state index contributed by atoms with van der Waals surface area (Å²) in [4.78, 5) is 18.0. The van der Waals surface area contributed by atoms with E-state index in [9.17, 15) is 4.79 Å². The molecule has 0 amide bonds. The molecule has 1 aromatic carbocycles. The molecule has 0 bridgehead atoms. The summed E-state index contributed by atoms with van der Waals surface area (Å²) in [5, 5.41) is 6.37. The summed E-state index contributed by atoms with van der Waals surface area (Å²) in [6, 6.07) is 8.34. The first-order valence-corrected chi connectivity index (χ1v) is 8.79. The molecule has 1 aromatic rings. The first-order chi connectivity index (χ1) is 12.2. The summed E-state index contributed by atoms with van der Waals surface area (Å²) in [5.41, 5.74) is 11.5. The van der Waals surface area contributed by atoms with Gasteiger partial charge < -0.3 is 15.9 Å². The van der Waals surface area contributed by atoms with Gasteiger partial charge in [-0.2, -0.15) is 0 Å². The Kier molecular flexibility index (Phi) is 4.36. The van der Waals surface area contributed by atoms with Crippen LogP contribution in [-0.4, -0.2) is 12.5 Å². The zero-order chi connectivity index (χ0) is 17.2. The Balaban J connectivity index is 1.62. The van der Waals surface area contributed by atoms with E-state index in [0.29, 0.717) is 24.0 Å². The maximum absolute atomic E-state index is 12.6. The Morgan fingerprint density at radius 3 is 2.56 bits per heavy atom. The largest absolute Gasteiger partial charge is 0.394 e. The number of Topliss-reactive ketones (excluding diaryl/α,β-unsaturated/α-hetero) is 1. The van der Waals surface area contributed by atoms with Crippen molar-refractivity contribution in [1.82, 2.24) is 16.1 Å². The standard InChI is InChI=1S/C19H23N4O2/c20-15-10-23-25-19-16(18(15)24)17(21-11-22-19)14-8-6-13(7-9-14)12-4-2-1-3-5-12/h1,6-10,12,17,21-23H,2-5,11,20H2. The van der Waals surface area contributed by atoms with Crippen molar-refractivity contribution in [1.29, 1.82) is 0 Å². The summed E-state index contributed by atoms with van der Waals surface area (Å²) >= 11 is 0. The van der Waals surface area contributed by atoms with E-state index in [4.69, 9.17) is 10.6 Å². The fraction of sp³-hybridized carbons (Fsp3) is 0.368. The van der Waals surface area contributed by atoms with E-state index in [2.05, 4.69) is 46.8 Å². The SMILES string of the molecule is NC1=CNOC2=C(C1=O)C(c1ccc(C3CC[CH]CC3)cc1)NCN2. The Labute approximate surface area is 147 Å². The third kappa shape index (κ3) is 3.09. The zero-order valence-electron chi connectivity index (χ0n) is 14.0. The van der Waals surface area contributed by atoms with Gasteiger partial charge in [-0.15, -0.1) is 0 Å². The van der Waals surface area contributed by atoms with Gasteiger partial charge in [-0.1, -0.05) is 24.3 Å². The van der Waals surface area contributed by atoms with Crippen molar-refractivity contribution in [2.45, 2.75) is 37.6 Å². The number of rotatable bonds is 2. The third-order valence-electron chi connectivity index (χ3n) is 5.15. The van der Waals surface area contributed by atoms with Gasteiger partial charge in [-0.05, 0) is 49.1 Å². The number of hydrogen-bond donors (Lipinski definition) is 4. The second kappa shape index (κ2) is 6.80. The molecule has 5 N–H and O–H groups in total. The predicted octanol–water partition coefficient (Wildman–Crippen LogP) is 1.86. The molecule has 1 aliphatic carbocycles. The van der Waals surface area contributed by atoms with Crippen LogP contribution >= 0.6 is 0 Å². The summed E-state index contributed by atoms with van der Waals surface area (Å²) in [5.74, 6) is 0.842. The van der Waals surface area contributed by atoms with Gasteiger partial charge in [0.2, 0.25) is 11.7 Å². The molecule has 1 unspecified atom stereocenters. The molecule has 6 nitrogen and oxygen atoms in total. The van der Waals surface area contributed by atoms with Crippen LogP contribution in [0.15, 0.2) is 47.6 Å². The van der Waals surface area contributed by atoms with E-state index in [0.717, 1.165) is 5.56 Å². The molecule has 6 heteroatoms. The average molecular weight is 339 g/mol. The molecule has 1 saturated carbocycles. The highest BCUT2D eigenvalue weighted by atomic mass is 16.7. The van der Waals surface area contributed by atoms with Crippen molar-refractivity contribution in [2.75, 3.05) is 6.67 Å². The maximum atomic E-state index is 12.6. The number of benzene rings is 1. The van der Waals surface area contributed by atoms with Gasteiger partial charge in [0.25, 0.3) is 0 Å². The average Bonchev–Trinajstić information content (AvgIpc) is 2.81. The normalized spacial score (nSPS) is 24.4. The number of carbonyl (C=O) groups is 1. The quantitative estimate of drug-likeness (QED) is 0.658. The Hall–Kier alpha value is -2.47. The lowest BCUT2D eigenvalue weighted by atomic mass is 9.83. The van der Waals surface area contributed by atoms with E-state index >= 15 is 0 Å². The van der Waals surface area contributed by atoms with Crippen LogP contribution in [0.5, 0.6) is 0 Å². The fourth-order valence-electron chi connectivity index (χ4n) is 3.77. The van der Waals surface area contributed by atoms with Crippen molar-refractivity contribution in [3.05, 3.63) is 65.2 Å². The molecule has 1 atom stereocenters. The molecule has 25 heavy (non-hydrogen) atoms. The predicted molar refractivity (Wildman–Crippen MR) is 94.4 cm³/mol. The minimum atomic E-state index is -0.246. The van der Waals surface area contributed by atoms with Crippen LogP contribution in [0.2, 0.25) is 0 Å². The molecule has 0 spiro atoms. The highest BCUT2D eigenvalue weighted by molar-refractivity contribution is 6.09. The van der Waals surface area contributed by atoms with Crippen molar-refractivity contribution >= 4 is 5.78 Å². The molecular weight excluding hydrogens is 316 g/mol. The molecule has 2 aliphatic heterocycles. The molecule has 2 heterocycles. The van der Waals surface area contributed by atoms with E-state index in [1.54, 1.807) is 0 Å². The highest BCUT2D eigenvalue weighted by Crippen LogP contribution is 2.34. The van der Waals surface area contributed by atoms with Crippen LogP contribution in [0, 0.1) is 6.42 Å². The highest BCUT2D eigenvalue weighted by Gasteiger charge is 2.33. The monoisotopic (exact) mass is 339 g/mol. The Bertz CT molecular complexity index is 717. The van der Waals surface area contributed by atoms with Gasteiger partial charge in [0.15, 0.2) is 0 Å². The Morgan fingerprint density at radius 2 is 1.80 bits per heavy atom. The number of nitrogens with two attached hydrogens (primary N) is 1. The van der Waals surface area contributed by atoms with Crippen molar-refractivity contribution in [3.8, 4) is 0 Å². The van der Waals surface area contributed by atoms with Crippen molar-refractivity contribution in [2.24, 2.45) is 5.73 Å². The maximum Gasteiger partial charge on any atom is 0.230 e. The first-order valence-electron chi connectivity index (χ1n) is 8.79. The van der Waals surface area contributed by atoms with Gasteiger partial charge >= 0.3 is 0 Å². The minimum Gasteiger partial charge on any atom is -0.394 e.